The molecule has 266 valence electrons. The van der Waals surface area contributed by atoms with Gasteiger partial charge in [0.2, 0.25) is 0 Å². The molecule has 0 aliphatic rings. The van der Waals surface area contributed by atoms with E-state index in [1.807, 2.05) is 24.3 Å². The number of fused-ring (bicyclic) bond motifs is 5. The topological polar surface area (TPSA) is 30.7 Å². The van der Waals surface area contributed by atoms with Crippen LogP contribution in [0.15, 0.2) is 212 Å². The van der Waals surface area contributed by atoms with E-state index in [1.165, 1.54) is 60.2 Å². The van der Waals surface area contributed by atoms with E-state index in [9.17, 15) is 0 Å². The molecule has 0 atom stereocenters. The monoisotopic (exact) mass is 725 g/mol. The van der Waals surface area contributed by atoms with Crippen LogP contribution >= 0.6 is 0 Å². The normalized spacial score (nSPS) is 11.5. The molecular formula is C54H35N3. The molecule has 0 saturated heterocycles. The van der Waals surface area contributed by atoms with Crippen LogP contribution in [0.2, 0.25) is 0 Å². The summed E-state index contributed by atoms with van der Waals surface area (Å²) >= 11 is 0. The summed E-state index contributed by atoms with van der Waals surface area (Å²) in [6.07, 6.45) is 0. The molecule has 11 rings (SSSR count). The van der Waals surface area contributed by atoms with Crippen molar-refractivity contribution in [1.82, 2.24) is 14.5 Å². The van der Waals surface area contributed by atoms with Crippen LogP contribution in [0.4, 0.5) is 0 Å². The van der Waals surface area contributed by atoms with Crippen LogP contribution < -0.4 is 0 Å². The van der Waals surface area contributed by atoms with E-state index in [4.69, 9.17) is 9.97 Å². The Morgan fingerprint density at radius 3 is 1.42 bits per heavy atom. The number of hydrogen-bond donors (Lipinski definition) is 0. The molecule has 0 bridgehead atoms. The van der Waals surface area contributed by atoms with Gasteiger partial charge in [0.1, 0.15) is 0 Å². The van der Waals surface area contributed by atoms with E-state index in [2.05, 4.69) is 193 Å². The second-order valence-electron chi connectivity index (χ2n) is 14.5. The molecule has 0 fully saturated rings. The summed E-state index contributed by atoms with van der Waals surface area (Å²) < 4.78 is 2.37. The first kappa shape index (κ1) is 32.8. The Bertz CT molecular complexity index is 3220. The SMILES string of the molecule is c1ccc(-c2cc(-c3ccc(-c4ccc(-c5ccc6c(c5)c5ccccc5n6-c5ccccc5)c5ccccc45)c4ccccc34)nc(-c3ccccc3)n2)cc1. The highest BCUT2D eigenvalue weighted by molar-refractivity contribution is 6.14. The molecule has 0 amide bonds. The van der Waals surface area contributed by atoms with Crippen molar-refractivity contribution in [3.8, 4) is 61.8 Å². The van der Waals surface area contributed by atoms with E-state index in [0.29, 0.717) is 5.82 Å². The summed E-state index contributed by atoms with van der Waals surface area (Å²) in [5, 5.41) is 7.28. The van der Waals surface area contributed by atoms with Gasteiger partial charge in [-0.3, -0.25) is 0 Å². The van der Waals surface area contributed by atoms with Gasteiger partial charge in [0.25, 0.3) is 0 Å². The van der Waals surface area contributed by atoms with Crippen LogP contribution in [0.1, 0.15) is 0 Å². The molecule has 9 aromatic carbocycles. The van der Waals surface area contributed by atoms with Crippen molar-refractivity contribution < 1.29 is 0 Å². The molecule has 0 spiro atoms. The van der Waals surface area contributed by atoms with Crippen LogP contribution in [0, 0.1) is 0 Å². The van der Waals surface area contributed by atoms with Gasteiger partial charge in [0.15, 0.2) is 5.82 Å². The Balaban J connectivity index is 1.07. The van der Waals surface area contributed by atoms with E-state index >= 15 is 0 Å². The Kier molecular flexibility index (Phi) is 7.82. The first-order valence-corrected chi connectivity index (χ1v) is 19.4. The van der Waals surface area contributed by atoms with E-state index in [-0.39, 0.29) is 0 Å². The molecule has 11 aromatic rings. The Hall–Kier alpha value is -7.62. The summed E-state index contributed by atoms with van der Waals surface area (Å²) in [6.45, 7) is 0. The predicted octanol–water partition coefficient (Wildman–Crippen LogP) is 14.2. The molecule has 2 heterocycles. The molecule has 0 unspecified atom stereocenters. The van der Waals surface area contributed by atoms with Gasteiger partial charge in [-0.2, -0.15) is 0 Å². The maximum Gasteiger partial charge on any atom is 0.160 e. The lowest BCUT2D eigenvalue weighted by Crippen LogP contribution is -1.96. The first-order chi connectivity index (χ1) is 28.3. The third kappa shape index (κ3) is 5.60. The fraction of sp³-hybridized carbons (Fsp3) is 0. The van der Waals surface area contributed by atoms with Crippen molar-refractivity contribution >= 4 is 43.4 Å². The smallest absolute Gasteiger partial charge is 0.160 e. The van der Waals surface area contributed by atoms with Gasteiger partial charge in [-0.25, -0.2) is 9.97 Å². The largest absolute Gasteiger partial charge is 0.309 e. The fourth-order valence-corrected chi connectivity index (χ4v) is 8.60. The van der Waals surface area contributed by atoms with E-state index in [0.717, 1.165) is 39.2 Å². The van der Waals surface area contributed by atoms with Gasteiger partial charge in [-0.05, 0) is 80.2 Å². The van der Waals surface area contributed by atoms with Crippen molar-refractivity contribution in [1.29, 1.82) is 0 Å². The summed E-state index contributed by atoms with van der Waals surface area (Å²) in [6, 6.07) is 75.7. The zero-order valence-electron chi connectivity index (χ0n) is 31.0. The lowest BCUT2D eigenvalue weighted by molar-refractivity contribution is 1.18. The molecule has 0 aliphatic carbocycles. The number of nitrogens with zero attached hydrogens (tertiary/aromatic N) is 3. The Morgan fingerprint density at radius 2 is 0.754 bits per heavy atom. The summed E-state index contributed by atoms with van der Waals surface area (Å²) in [5.74, 6) is 0.713. The number of hydrogen-bond acceptors (Lipinski definition) is 2. The fourth-order valence-electron chi connectivity index (χ4n) is 8.60. The van der Waals surface area contributed by atoms with Crippen LogP contribution in [-0.4, -0.2) is 14.5 Å². The molecule has 0 saturated carbocycles. The molecule has 3 heteroatoms. The average Bonchev–Trinajstić information content (AvgIpc) is 3.63. The van der Waals surface area contributed by atoms with E-state index < -0.39 is 0 Å². The van der Waals surface area contributed by atoms with Crippen LogP contribution in [0.3, 0.4) is 0 Å². The van der Waals surface area contributed by atoms with Gasteiger partial charge in [0, 0.05) is 33.2 Å². The molecule has 0 aliphatic heterocycles. The molecule has 2 aromatic heterocycles. The maximum atomic E-state index is 5.19. The second-order valence-corrected chi connectivity index (χ2v) is 14.5. The number of benzene rings is 9. The molecular weight excluding hydrogens is 691 g/mol. The average molecular weight is 726 g/mol. The number of aromatic nitrogens is 3. The third-order valence-corrected chi connectivity index (χ3v) is 11.2. The third-order valence-electron chi connectivity index (χ3n) is 11.2. The summed E-state index contributed by atoms with van der Waals surface area (Å²) in [5.41, 5.74) is 13.3. The minimum absolute atomic E-state index is 0.713. The van der Waals surface area contributed by atoms with Crippen LogP contribution in [0.5, 0.6) is 0 Å². The van der Waals surface area contributed by atoms with Crippen molar-refractivity contribution in [2.24, 2.45) is 0 Å². The summed E-state index contributed by atoms with van der Waals surface area (Å²) in [7, 11) is 0. The molecule has 0 radical (unpaired) electrons. The molecule has 3 nitrogen and oxygen atoms in total. The van der Waals surface area contributed by atoms with Crippen LogP contribution in [0.25, 0.3) is 105 Å². The maximum absolute atomic E-state index is 5.19. The summed E-state index contributed by atoms with van der Waals surface area (Å²) in [4.78, 5) is 10.2. The lowest BCUT2D eigenvalue weighted by Gasteiger charge is -2.16. The second kappa shape index (κ2) is 13.6. The minimum Gasteiger partial charge on any atom is -0.309 e. The van der Waals surface area contributed by atoms with Crippen molar-refractivity contribution in [2.45, 2.75) is 0 Å². The lowest BCUT2D eigenvalue weighted by atomic mass is 9.88. The zero-order valence-corrected chi connectivity index (χ0v) is 31.0. The predicted molar refractivity (Wildman–Crippen MR) is 239 cm³/mol. The highest BCUT2D eigenvalue weighted by Crippen LogP contribution is 2.42. The van der Waals surface area contributed by atoms with Gasteiger partial charge in [0.05, 0.1) is 22.4 Å². The Morgan fingerprint density at radius 1 is 0.281 bits per heavy atom. The van der Waals surface area contributed by atoms with Crippen molar-refractivity contribution in [3.05, 3.63) is 212 Å². The quantitative estimate of drug-likeness (QED) is 0.171. The number of para-hydroxylation sites is 2. The van der Waals surface area contributed by atoms with Crippen molar-refractivity contribution in [3.63, 3.8) is 0 Å². The highest BCUT2D eigenvalue weighted by atomic mass is 15.0. The zero-order chi connectivity index (χ0) is 37.7. The van der Waals surface area contributed by atoms with Gasteiger partial charge in [-0.15, -0.1) is 0 Å². The first-order valence-electron chi connectivity index (χ1n) is 19.4. The molecule has 0 N–H and O–H groups in total. The standard InChI is InChI=1S/C54H35N3/c1-4-16-36(17-5-1)50-35-51(56-54(55-50)37-18-6-2-7-19-37)47-32-31-46(43-24-12-13-25-44(43)47)45-30-29-40(41-22-10-11-23-42(41)45)38-28-33-53-49(34-38)48-26-14-15-27-52(48)57(53)39-20-8-3-9-21-39/h1-35H. The van der Waals surface area contributed by atoms with Gasteiger partial charge in [-0.1, -0.05) is 176 Å². The highest BCUT2D eigenvalue weighted by Gasteiger charge is 2.18. The molecule has 57 heavy (non-hydrogen) atoms. The van der Waals surface area contributed by atoms with Gasteiger partial charge < -0.3 is 4.57 Å². The number of rotatable bonds is 6. The van der Waals surface area contributed by atoms with Gasteiger partial charge >= 0.3 is 0 Å². The Labute approximate surface area is 330 Å². The van der Waals surface area contributed by atoms with E-state index in [1.54, 1.807) is 0 Å². The minimum atomic E-state index is 0.713. The van der Waals surface area contributed by atoms with Crippen molar-refractivity contribution in [2.75, 3.05) is 0 Å². The van der Waals surface area contributed by atoms with Crippen LogP contribution in [-0.2, 0) is 0 Å².